The molecule has 2 fully saturated rings. The third-order valence-electron chi connectivity index (χ3n) is 4.64. The highest BCUT2D eigenvalue weighted by Gasteiger charge is 2.46. The van der Waals surface area contributed by atoms with Crippen LogP contribution in [0.15, 0.2) is 24.3 Å². The number of amides is 2. The van der Waals surface area contributed by atoms with Crippen molar-refractivity contribution in [1.82, 2.24) is 9.80 Å². The fourth-order valence-electron chi connectivity index (χ4n) is 3.11. The zero-order chi connectivity index (χ0) is 17.5. The van der Waals surface area contributed by atoms with Crippen molar-refractivity contribution >= 4 is 12.0 Å². The molecule has 2 atom stereocenters. The number of alkyl halides is 3. The third-order valence-corrected chi connectivity index (χ3v) is 4.64. The van der Waals surface area contributed by atoms with E-state index in [0.717, 1.165) is 17.7 Å². The number of hydrogen-bond acceptors (Lipinski definition) is 2. The van der Waals surface area contributed by atoms with E-state index in [9.17, 15) is 22.8 Å². The molecule has 1 aliphatic heterocycles. The topological polar surface area (TPSA) is 60.9 Å². The highest BCUT2D eigenvalue weighted by molar-refractivity contribution is 5.83. The Morgan fingerprint density at radius 2 is 1.54 bits per heavy atom. The van der Waals surface area contributed by atoms with Crippen molar-refractivity contribution < 1.29 is 27.9 Å². The summed E-state index contributed by atoms with van der Waals surface area (Å²) in [6.45, 7) is 1.31. The van der Waals surface area contributed by atoms with Crippen LogP contribution in [-0.4, -0.2) is 53.1 Å². The minimum atomic E-state index is -4.36. The molecule has 1 saturated carbocycles. The second kappa shape index (κ2) is 5.99. The van der Waals surface area contributed by atoms with E-state index in [1.807, 2.05) is 0 Å². The summed E-state index contributed by atoms with van der Waals surface area (Å²) in [4.78, 5) is 26.2. The largest absolute Gasteiger partial charge is 0.465 e. The summed E-state index contributed by atoms with van der Waals surface area (Å²) in [5, 5.41) is 8.90. The van der Waals surface area contributed by atoms with E-state index in [1.54, 1.807) is 4.90 Å². The zero-order valence-electron chi connectivity index (χ0n) is 12.8. The van der Waals surface area contributed by atoms with Crippen LogP contribution in [0.2, 0.25) is 0 Å². The van der Waals surface area contributed by atoms with Crippen LogP contribution < -0.4 is 0 Å². The van der Waals surface area contributed by atoms with Gasteiger partial charge in [-0.1, -0.05) is 12.1 Å². The van der Waals surface area contributed by atoms with Gasteiger partial charge in [-0.05, 0) is 30.0 Å². The fraction of sp³-hybridized carbons (Fsp3) is 0.500. The molecule has 1 aromatic carbocycles. The molecule has 2 aliphatic rings. The number of carbonyl (C=O) groups is 2. The molecule has 3 rings (SSSR count). The van der Waals surface area contributed by atoms with Gasteiger partial charge in [-0.2, -0.15) is 13.2 Å². The Hall–Kier alpha value is -2.25. The molecular formula is C16H17F3N2O3. The highest BCUT2D eigenvalue weighted by atomic mass is 19.4. The van der Waals surface area contributed by atoms with Crippen molar-refractivity contribution in [2.24, 2.45) is 5.92 Å². The molecule has 1 heterocycles. The Morgan fingerprint density at radius 3 is 2.04 bits per heavy atom. The first-order valence-electron chi connectivity index (χ1n) is 7.71. The molecule has 1 N–H and O–H groups in total. The summed E-state index contributed by atoms with van der Waals surface area (Å²) < 4.78 is 37.7. The lowest BCUT2D eigenvalue weighted by Crippen LogP contribution is -2.50. The third kappa shape index (κ3) is 3.32. The zero-order valence-corrected chi connectivity index (χ0v) is 12.8. The molecule has 1 aromatic rings. The number of carbonyl (C=O) groups excluding carboxylic acids is 1. The van der Waals surface area contributed by atoms with Crippen molar-refractivity contribution in [3.8, 4) is 0 Å². The van der Waals surface area contributed by atoms with Crippen LogP contribution in [0.1, 0.15) is 23.5 Å². The number of piperazine rings is 1. The fourth-order valence-corrected chi connectivity index (χ4v) is 3.11. The van der Waals surface area contributed by atoms with Crippen LogP contribution in [0.25, 0.3) is 0 Å². The van der Waals surface area contributed by atoms with E-state index in [0.29, 0.717) is 32.6 Å². The number of halogens is 3. The first kappa shape index (κ1) is 16.6. The van der Waals surface area contributed by atoms with Crippen molar-refractivity contribution in [1.29, 1.82) is 0 Å². The highest BCUT2D eigenvalue weighted by Crippen LogP contribution is 2.49. The summed E-state index contributed by atoms with van der Waals surface area (Å²) >= 11 is 0. The number of nitrogens with zero attached hydrogens (tertiary/aromatic N) is 2. The molecule has 8 heteroatoms. The molecule has 5 nitrogen and oxygen atoms in total. The molecule has 2 unspecified atom stereocenters. The van der Waals surface area contributed by atoms with Gasteiger partial charge in [0.2, 0.25) is 5.91 Å². The lowest BCUT2D eigenvalue weighted by molar-refractivity contribution is -0.137. The Bertz CT molecular complexity index is 637. The molecule has 0 radical (unpaired) electrons. The predicted octanol–water partition coefficient (Wildman–Crippen LogP) is 2.63. The van der Waals surface area contributed by atoms with Gasteiger partial charge in [0.15, 0.2) is 0 Å². The van der Waals surface area contributed by atoms with E-state index in [1.165, 1.54) is 17.0 Å². The summed E-state index contributed by atoms with van der Waals surface area (Å²) in [7, 11) is 0. The second-order valence-corrected chi connectivity index (χ2v) is 6.16. The van der Waals surface area contributed by atoms with E-state index >= 15 is 0 Å². The first-order chi connectivity index (χ1) is 11.3. The second-order valence-electron chi connectivity index (χ2n) is 6.16. The predicted molar refractivity (Wildman–Crippen MR) is 78.5 cm³/mol. The summed E-state index contributed by atoms with van der Waals surface area (Å²) in [6, 6.07) is 4.95. The van der Waals surface area contributed by atoms with Crippen molar-refractivity contribution in [3.05, 3.63) is 35.4 Å². The average molecular weight is 342 g/mol. The van der Waals surface area contributed by atoms with E-state index < -0.39 is 17.8 Å². The Morgan fingerprint density at radius 1 is 1.00 bits per heavy atom. The van der Waals surface area contributed by atoms with Crippen LogP contribution in [-0.2, 0) is 11.0 Å². The maximum atomic E-state index is 12.6. The number of hydrogen-bond donors (Lipinski definition) is 1. The van der Waals surface area contributed by atoms with Gasteiger partial charge in [-0.25, -0.2) is 4.79 Å². The van der Waals surface area contributed by atoms with Crippen LogP contribution in [0.4, 0.5) is 18.0 Å². The lowest BCUT2D eigenvalue weighted by atomic mass is 10.1. The summed E-state index contributed by atoms with van der Waals surface area (Å²) in [6.07, 6.45) is -4.72. The van der Waals surface area contributed by atoms with Crippen molar-refractivity contribution in [3.63, 3.8) is 0 Å². The van der Waals surface area contributed by atoms with Crippen LogP contribution >= 0.6 is 0 Å². The Kier molecular flexibility index (Phi) is 4.15. The quantitative estimate of drug-likeness (QED) is 0.899. The van der Waals surface area contributed by atoms with Gasteiger partial charge >= 0.3 is 12.3 Å². The minimum absolute atomic E-state index is 0.0371. The normalized spacial score (nSPS) is 24.0. The average Bonchev–Trinajstić information content (AvgIpc) is 3.34. The molecular weight excluding hydrogens is 325 g/mol. The van der Waals surface area contributed by atoms with E-state index in [-0.39, 0.29) is 17.7 Å². The maximum absolute atomic E-state index is 12.6. The summed E-state index contributed by atoms with van der Waals surface area (Å²) in [5.74, 6) is -0.291. The Labute approximate surface area is 136 Å². The molecule has 1 saturated heterocycles. The molecule has 2 amide bonds. The van der Waals surface area contributed by atoms with Gasteiger partial charge in [0.05, 0.1) is 5.56 Å². The number of rotatable bonds is 2. The monoisotopic (exact) mass is 342 g/mol. The van der Waals surface area contributed by atoms with E-state index in [2.05, 4.69) is 0 Å². The SMILES string of the molecule is O=C(O)N1CCN(C(=O)C2CC2c2ccc(C(F)(F)F)cc2)CC1. The molecule has 1 aliphatic carbocycles. The van der Waals surface area contributed by atoms with Gasteiger partial charge < -0.3 is 14.9 Å². The first-order valence-corrected chi connectivity index (χ1v) is 7.71. The lowest BCUT2D eigenvalue weighted by Gasteiger charge is -2.33. The Balaban J connectivity index is 1.57. The molecule has 0 aromatic heterocycles. The summed E-state index contributed by atoms with van der Waals surface area (Å²) in [5.41, 5.74) is 0.0464. The van der Waals surface area contributed by atoms with Crippen molar-refractivity contribution in [2.45, 2.75) is 18.5 Å². The smallest absolute Gasteiger partial charge is 0.416 e. The van der Waals surface area contributed by atoms with Gasteiger partial charge in [-0.3, -0.25) is 4.79 Å². The number of benzene rings is 1. The van der Waals surface area contributed by atoms with Gasteiger partial charge in [0.25, 0.3) is 0 Å². The molecule has 0 bridgehead atoms. The van der Waals surface area contributed by atoms with E-state index in [4.69, 9.17) is 5.11 Å². The van der Waals surface area contributed by atoms with Gasteiger partial charge in [0, 0.05) is 32.1 Å². The standard InChI is InChI=1S/C16H17F3N2O3/c17-16(18,19)11-3-1-10(2-4-11)12-9-13(12)14(22)20-5-7-21(8-6-20)15(23)24/h1-4,12-13H,5-9H2,(H,23,24). The van der Waals surface area contributed by atoms with Gasteiger partial charge in [0.1, 0.15) is 0 Å². The van der Waals surface area contributed by atoms with Crippen LogP contribution in [0.5, 0.6) is 0 Å². The molecule has 130 valence electrons. The van der Waals surface area contributed by atoms with Crippen LogP contribution in [0.3, 0.4) is 0 Å². The van der Waals surface area contributed by atoms with Crippen molar-refractivity contribution in [2.75, 3.05) is 26.2 Å². The molecule has 0 spiro atoms. The van der Waals surface area contributed by atoms with Gasteiger partial charge in [-0.15, -0.1) is 0 Å². The molecule has 24 heavy (non-hydrogen) atoms. The van der Waals surface area contributed by atoms with Crippen LogP contribution in [0, 0.1) is 5.92 Å². The number of carboxylic acid groups (broad SMARTS) is 1. The maximum Gasteiger partial charge on any atom is 0.416 e. The minimum Gasteiger partial charge on any atom is -0.465 e.